The van der Waals surface area contributed by atoms with E-state index >= 15 is 0 Å². The van der Waals surface area contributed by atoms with Gasteiger partial charge in [-0.2, -0.15) is 0 Å². The first-order valence-corrected chi connectivity index (χ1v) is 5.50. The minimum absolute atomic E-state index is 0.337. The Morgan fingerprint density at radius 2 is 2.29 bits per heavy atom. The lowest BCUT2D eigenvalue weighted by Crippen LogP contribution is -2.39. The molecule has 2 aromatic rings. The molecule has 17 heavy (non-hydrogen) atoms. The van der Waals surface area contributed by atoms with Crippen LogP contribution in [0.3, 0.4) is 0 Å². The van der Waals surface area contributed by atoms with E-state index in [1.165, 1.54) is 5.01 Å². The average Bonchev–Trinajstić information content (AvgIpc) is 2.55. The number of nitrogens with zero attached hydrogens (tertiary/aromatic N) is 3. The summed E-state index contributed by atoms with van der Waals surface area (Å²) in [6.45, 7) is 0. The van der Waals surface area contributed by atoms with Crippen molar-refractivity contribution < 1.29 is 0 Å². The van der Waals surface area contributed by atoms with Gasteiger partial charge in [0.15, 0.2) is 4.77 Å². The van der Waals surface area contributed by atoms with Gasteiger partial charge in [-0.1, -0.05) is 11.6 Å². The summed E-state index contributed by atoms with van der Waals surface area (Å²) in [6.07, 6.45) is 0. The van der Waals surface area contributed by atoms with Crippen molar-refractivity contribution in [3.05, 3.63) is 28.0 Å². The van der Waals surface area contributed by atoms with Crippen molar-refractivity contribution in [2.75, 3.05) is 7.05 Å². The Balaban J connectivity index is 2.78. The number of H-pyrrole nitrogens is 1. The molecule has 8 heteroatoms. The van der Waals surface area contributed by atoms with Gasteiger partial charge in [0.2, 0.25) is 5.96 Å². The first-order valence-electron chi connectivity index (χ1n) is 4.71. The fraction of sp³-hybridized carbons (Fsp3) is 0.111. The number of imidazole rings is 1. The number of nitrogens with two attached hydrogens (primary N) is 2. The second-order valence-electron chi connectivity index (χ2n) is 3.47. The Bertz CT molecular complexity index is 640. The molecule has 0 aliphatic rings. The van der Waals surface area contributed by atoms with Crippen LogP contribution in [0.4, 0.5) is 0 Å². The van der Waals surface area contributed by atoms with Crippen LogP contribution in [0.15, 0.2) is 23.3 Å². The van der Waals surface area contributed by atoms with Gasteiger partial charge < -0.3 is 10.8 Å². The highest BCUT2D eigenvalue weighted by molar-refractivity contribution is 7.71. The van der Waals surface area contributed by atoms with E-state index in [1.54, 1.807) is 23.7 Å². The van der Waals surface area contributed by atoms with Crippen LogP contribution in [0.25, 0.3) is 11.0 Å². The number of hydrazine groups is 1. The van der Waals surface area contributed by atoms with Crippen molar-refractivity contribution in [1.82, 2.24) is 14.6 Å². The molecule has 1 heterocycles. The van der Waals surface area contributed by atoms with E-state index < -0.39 is 0 Å². The Morgan fingerprint density at radius 1 is 1.59 bits per heavy atom. The third-order valence-corrected chi connectivity index (χ3v) is 2.79. The average molecular weight is 271 g/mol. The molecule has 1 aromatic carbocycles. The van der Waals surface area contributed by atoms with Gasteiger partial charge in [0.25, 0.3) is 0 Å². The Kier molecular flexibility index (Phi) is 3.05. The number of halogens is 1. The first kappa shape index (κ1) is 11.9. The summed E-state index contributed by atoms with van der Waals surface area (Å²) in [4.78, 5) is 3.01. The lowest BCUT2D eigenvalue weighted by molar-refractivity contribution is 0.516. The second kappa shape index (κ2) is 4.36. The molecule has 0 radical (unpaired) electrons. The molecule has 0 unspecified atom stereocenters. The zero-order valence-corrected chi connectivity index (χ0v) is 10.6. The van der Waals surface area contributed by atoms with Crippen LogP contribution in [0.1, 0.15) is 0 Å². The number of nitrogens with one attached hydrogen (secondary N) is 1. The van der Waals surface area contributed by atoms with Gasteiger partial charge in [0, 0.05) is 12.1 Å². The van der Waals surface area contributed by atoms with Gasteiger partial charge in [-0.05, 0) is 30.4 Å². The molecule has 0 spiro atoms. The molecule has 0 amide bonds. The molecule has 0 fully saturated rings. The van der Waals surface area contributed by atoms with Crippen molar-refractivity contribution in [2.24, 2.45) is 16.8 Å². The van der Waals surface area contributed by atoms with Crippen molar-refractivity contribution in [3.8, 4) is 0 Å². The second-order valence-corrected chi connectivity index (χ2v) is 4.29. The first-order chi connectivity index (χ1) is 8.04. The molecule has 0 saturated heterocycles. The molecule has 6 nitrogen and oxygen atoms in total. The van der Waals surface area contributed by atoms with Gasteiger partial charge in [0.1, 0.15) is 0 Å². The van der Waals surface area contributed by atoms with E-state index in [1.807, 2.05) is 6.07 Å². The fourth-order valence-electron chi connectivity index (χ4n) is 1.59. The van der Waals surface area contributed by atoms with Crippen LogP contribution >= 0.6 is 23.8 Å². The molecule has 1 aromatic heterocycles. The minimum Gasteiger partial charge on any atom is -0.330 e. The Labute approximate surface area is 107 Å². The van der Waals surface area contributed by atoms with E-state index in [2.05, 4.69) is 10.1 Å². The van der Waals surface area contributed by atoms with E-state index in [9.17, 15) is 0 Å². The number of rotatable bonds is 0. The van der Waals surface area contributed by atoms with Crippen LogP contribution in [0.2, 0.25) is 5.02 Å². The summed E-state index contributed by atoms with van der Waals surface area (Å²) in [6, 6.07) is 5.35. The van der Waals surface area contributed by atoms with Gasteiger partial charge >= 0.3 is 0 Å². The summed E-state index contributed by atoms with van der Waals surface area (Å²) in [5.74, 6) is 11.3. The van der Waals surface area contributed by atoms with Crippen LogP contribution < -0.4 is 11.7 Å². The Morgan fingerprint density at radius 3 is 2.88 bits per heavy atom. The standard InChI is InChI=1S/C9H11ClN6S/c1-15(12)8(14-11)16-7-3-2-5(10)4-6(7)13-9(16)17/h2-4H,11-12H2,1H3,(H,13,17)/b14-8+. The lowest BCUT2D eigenvalue weighted by Gasteiger charge is -2.15. The smallest absolute Gasteiger partial charge is 0.243 e. The summed E-state index contributed by atoms with van der Waals surface area (Å²) in [5, 5.41) is 5.53. The number of hydrazone groups is 1. The van der Waals surface area contributed by atoms with E-state index in [-0.39, 0.29) is 0 Å². The van der Waals surface area contributed by atoms with Crippen LogP contribution in [0, 0.1) is 4.77 Å². The SMILES string of the molecule is CN(N)/C(=N\N)n1c(=S)[nH]c2cc(Cl)ccc21. The third kappa shape index (κ3) is 1.99. The number of fused-ring (bicyclic) bond motifs is 1. The molecule has 90 valence electrons. The van der Waals surface area contributed by atoms with E-state index in [0.717, 1.165) is 11.0 Å². The lowest BCUT2D eigenvalue weighted by atomic mass is 10.3. The van der Waals surface area contributed by atoms with Crippen LogP contribution in [-0.2, 0) is 0 Å². The molecule has 0 aliphatic carbocycles. The van der Waals surface area contributed by atoms with Gasteiger partial charge in [-0.15, -0.1) is 5.10 Å². The topological polar surface area (TPSA) is 88.4 Å². The summed E-state index contributed by atoms with van der Waals surface area (Å²) >= 11 is 11.1. The van der Waals surface area contributed by atoms with Crippen molar-refractivity contribution in [3.63, 3.8) is 0 Å². The number of benzene rings is 1. The maximum atomic E-state index is 5.90. The molecule has 0 aliphatic heterocycles. The maximum Gasteiger partial charge on any atom is 0.243 e. The largest absolute Gasteiger partial charge is 0.330 e. The quantitative estimate of drug-likeness (QED) is 0.221. The normalized spacial score (nSPS) is 12.1. The predicted molar refractivity (Wildman–Crippen MR) is 71.1 cm³/mol. The highest BCUT2D eigenvalue weighted by atomic mass is 35.5. The molecule has 0 atom stereocenters. The predicted octanol–water partition coefficient (Wildman–Crippen LogP) is 1.24. The number of hydrogen-bond acceptors (Lipinski definition) is 4. The highest BCUT2D eigenvalue weighted by Gasteiger charge is 2.12. The molecular formula is C9H11ClN6S. The zero-order valence-electron chi connectivity index (χ0n) is 9.01. The molecule has 0 bridgehead atoms. The maximum absolute atomic E-state index is 5.90. The highest BCUT2D eigenvalue weighted by Crippen LogP contribution is 2.19. The zero-order chi connectivity index (χ0) is 12.6. The summed E-state index contributed by atoms with van der Waals surface area (Å²) in [5.41, 5.74) is 1.60. The summed E-state index contributed by atoms with van der Waals surface area (Å²) < 4.78 is 2.09. The van der Waals surface area contributed by atoms with Gasteiger partial charge in [-0.3, -0.25) is 9.58 Å². The van der Waals surface area contributed by atoms with Crippen LogP contribution in [-0.4, -0.2) is 27.6 Å². The van der Waals surface area contributed by atoms with E-state index in [4.69, 9.17) is 35.5 Å². The number of hydrogen-bond donors (Lipinski definition) is 3. The number of aromatic amines is 1. The minimum atomic E-state index is 0.337. The molecular weight excluding hydrogens is 260 g/mol. The fourth-order valence-corrected chi connectivity index (χ4v) is 2.05. The van der Waals surface area contributed by atoms with Crippen molar-refractivity contribution in [1.29, 1.82) is 0 Å². The third-order valence-electron chi connectivity index (χ3n) is 2.28. The molecule has 0 saturated carbocycles. The monoisotopic (exact) mass is 270 g/mol. The van der Waals surface area contributed by atoms with Crippen LogP contribution in [0.5, 0.6) is 0 Å². The summed E-state index contributed by atoms with van der Waals surface area (Å²) in [7, 11) is 1.63. The van der Waals surface area contributed by atoms with E-state index in [0.29, 0.717) is 15.8 Å². The molecule has 5 N–H and O–H groups in total. The van der Waals surface area contributed by atoms with Gasteiger partial charge in [0.05, 0.1) is 11.0 Å². The molecule has 2 rings (SSSR count). The van der Waals surface area contributed by atoms with Crippen molar-refractivity contribution >= 4 is 40.8 Å². The van der Waals surface area contributed by atoms with Crippen molar-refractivity contribution in [2.45, 2.75) is 0 Å². The number of aromatic nitrogens is 2. The van der Waals surface area contributed by atoms with Gasteiger partial charge in [-0.25, -0.2) is 5.84 Å². The Hall–Kier alpha value is -1.57.